The number of halogens is 1. The van der Waals surface area contributed by atoms with E-state index in [-0.39, 0.29) is 0 Å². The molecule has 112 valence electrons. The molecule has 0 aromatic heterocycles. The first kappa shape index (κ1) is 16.1. The summed E-state index contributed by atoms with van der Waals surface area (Å²) in [5.74, 6) is 0. The van der Waals surface area contributed by atoms with Gasteiger partial charge in [0, 0.05) is 30.3 Å². The fourth-order valence-electron chi connectivity index (χ4n) is 2.52. The maximum atomic E-state index is 3.53. The molecular weight excluding hydrogens is 324 g/mol. The van der Waals surface area contributed by atoms with E-state index in [1.54, 1.807) is 0 Å². The highest BCUT2D eigenvalue weighted by molar-refractivity contribution is 9.10. The van der Waals surface area contributed by atoms with E-state index in [2.05, 4.69) is 89.5 Å². The monoisotopic (exact) mass is 346 g/mol. The van der Waals surface area contributed by atoms with Gasteiger partial charge < -0.3 is 10.2 Å². The van der Waals surface area contributed by atoms with E-state index in [1.165, 1.54) is 22.4 Å². The Morgan fingerprint density at radius 3 is 2.57 bits per heavy atom. The molecule has 2 aromatic carbocycles. The lowest BCUT2D eigenvalue weighted by Crippen LogP contribution is -2.18. The lowest BCUT2D eigenvalue weighted by Gasteiger charge is -2.22. The summed E-state index contributed by atoms with van der Waals surface area (Å²) in [6, 6.07) is 15.2. The van der Waals surface area contributed by atoms with Crippen molar-refractivity contribution >= 4 is 21.6 Å². The summed E-state index contributed by atoms with van der Waals surface area (Å²) in [6.45, 7) is 7.17. The van der Waals surface area contributed by atoms with Crippen LogP contribution in [0.5, 0.6) is 0 Å². The zero-order valence-corrected chi connectivity index (χ0v) is 14.6. The van der Waals surface area contributed by atoms with Gasteiger partial charge in [-0.3, -0.25) is 0 Å². The number of benzene rings is 2. The third-order valence-corrected chi connectivity index (χ3v) is 4.05. The predicted molar refractivity (Wildman–Crippen MR) is 94.8 cm³/mol. The Morgan fingerprint density at radius 2 is 1.90 bits per heavy atom. The molecule has 2 rings (SSSR count). The molecular formula is C18H23BrN2. The second kappa shape index (κ2) is 7.62. The first-order valence-corrected chi connectivity index (χ1v) is 8.15. The van der Waals surface area contributed by atoms with E-state index < -0.39 is 0 Å². The summed E-state index contributed by atoms with van der Waals surface area (Å²) < 4.78 is 1.13. The second-order valence-corrected chi connectivity index (χ2v) is 6.30. The number of nitrogens with one attached hydrogen (secondary N) is 1. The van der Waals surface area contributed by atoms with Crippen LogP contribution >= 0.6 is 15.9 Å². The first-order chi connectivity index (χ1) is 10.1. The van der Waals surface area contributed by atoms with Crippen molar-refractivity contribution in [1.82, 2.24) is 5.32 Å². The number of aryl methyl sites for hydroxylation is 1. The fraction of sp³-hybridized carbons (Fsp3) is 0.333. The highest BCUT2D eigenvalue weighted by atomic mass is 79.9. The minimum absolute atomic E-state index is 0.910. The van der Waals surface area contributed by atoms with Crippen molar-refractivity contribution in [2.45, 2.75) is 26.9 Å². The molecule has 0 fully saturated rings. The molecule has 2 aromatic rings. The van der Waals surface area contributed by atoms with Gasteiger partial charge in [-0.05, 0) is 48.4 Å². The van der Waals surface area contributed by atoms with Crippen LogP contribution in [0, 0.1) is 6.92 Å². The lowest BCUT2D eigenvalue weighted by atomic mass is 10.1. The van der Waals surface area contributed by atoms with Gasteiger partial charge in [-0.1, -0.05) is 47.1 Å². The SMILES string of the molecule is CCNCc1ccc(N(C)Cc2cccc(Br)c2)c(C)c1. The zero-order valence-electron chi connectivity index (χ0n) is 13.0. The van der Waals surface area contributed by atoms with Crippen LogP contribution in [0.3, 0.4) is 0 Å². The van der Waals surface area contributed by atoms with Crippen molar-refractivity contribution < 1.29 is 0 Å². The number of nitrogens with zero attached hydrogens (tertiary/aromatic N) is 1. The highest BCUT2D eigenvalue weighted by Crippen LogP contribution is 2.22. The van der Waals surface area contributed by atoms with Gasteiger partial charge in [0.1, 0.15) is 0 Å². The Kier molecular flexibility index (Phi) is 5.83. The molecule has 3 heteroatoms. The standard InChI is InChI=1S/C18H23BrN2/c1-4-20-12-15-8-9-18(14(2)10-15)21(3)13-16-6-5-7-17(19)11-16/h5-11,20H,4,12-13H2,1-3H3. The molecule has 0 atom stereocenters. The van der Waals surface area contributed by atoms with Gasteiger partial charge in [-0.25, -0.2) is 0 Å². The molecule has 0 radical (unpaired) electrons. The first-order valence-electron chi connectivity index (χ1n) is 7.36. The summed E-state index contributed by atoms with van der Waals surface area (Å²) in [4.78, 5) is 2.30. The van der Waals surface area contributed by atoms with Crippen LogP contribution < -0.4 is 10.2 Å². The third kappa shape index (κ3) is 4.58. The van der Waals surface area contributed by atoms with Crippen molar-refractivity contribution in [3.63, 3.8) is 0 Å². The molecule has 0 aliphatic heterocycles. The summed E-state index contributed by atoms with van der Waals surface area (Å²) >= 11 is 3.53. The van der Waals surface area contributed by atoms with E-state index >= 15 is 0 Å². The van der Waals surface area contributed by atoms with Crippen molar-refractivity contribution in [2.75, 3.05) is 18.5 Å². The number of hydrogen-bond donors (Lipinski definition) is 1. The van der Waals surface area contributed by atoms with Gasteiger partial charge in [0.25, 0.3) is 0 Å². The Balaban J connectivity index is 2.10. The number of rotatable bonds is 6. The average Bonchev–Trinajstić information content (AvgIpc) is 2.45. The summed E-state index contributed by atoms with van der Waals surface area (Å²) in [7, 11) is 2.15. The molecule has 0 saturated carbocycles. The number of anilines is 1. The fourth-order valence-corrected chi connectivity index (χ4v) is 2.97. The molecule has 0 spiro atoms. The normalized spacial score (nSPS) is 10.7. The smallest absolute Gasteiger partial charge is 0.0426 e. The molecule has 0 unspecified atom stereocenters. The van der Waals surface area contributed by atoms with Gasteiger partial charge in [0.2, 0.25) is 0 Å². The molecule has 0 amide bonds. The average molecular weight is 347 g/mol. The van der Waals surface area contributed by atoms with E-state index in [9.17, 15) is 0 Å². The largest absolute Gasteiger partial charge is 0.370 e. The molecule has 0 aliphatic rings. The molecule has 0 saturated heterocycles. The van der Waals surface area contributed by atoms with Crippen LogP contribution in [0.15, 0.2) is 46.9 Å². The highest BCUT2D eigenvalue weighted by Gasteiger charge is 2.06. The van der Waals surface area contributed by atoms with E-state index in [1.807, 2.05) is 0 Å². The summed E-state index contributed by atoms with van der Waals surface area (Å²) in [5.41, 5.74) is 5.26. The molecule has 21 heavy (non-hydrogen) atoms. The van der Waals surface area contributed by atoms with Gasteiger partial charge in [0.15, 0.2) is 0 Å². The van der Waals surface area contributed by atoms with E-state index in [0.29, 0.717) is 0 Å². The van der Waals surface area contributed by atoms with Crippen LogP contribution in [0.2, 0.25) is 0 Å². The topological polar surface area (TPSA) is 15.3 Å². The molecule has 0 heterocycles. The summed E-state index contributed by atoms with van der Waals surface area (Å²) in [5, 5.41) is 3.37. The third-order valence-electron chi connectivity index (χ3n) is 3.56. The van der Waals surface area contributed by atoms with Crippen LogP contribution in [-0.4, -0.2) is 13.6 Å². The van der Waals surface area contributed by atoms with Crippen molar-refractivity contribution in [3.8, 4) is 0 Å². The van der Waals surface area contributed by atoms with E-state index in [0.717, 1.165) is 24.1 Å². The van der Waals surface area contributed by atoms with Gasteiger partial charge in [0.05, 0.1) is 0 Å². The molecule has 0 aliphatic carbocycles. The van der Waals surface area contributed by atoms with Crippen molar-refractivity contribution in [1.29, 1.82) is 0 Å². The molecule has 1 N–H and O–H groups in total. The Labute approximate surface area is 136 Å². The lowest BCUT2D eigenvalue weighted by molar-refractivity contribution is 0.726. The van der Waals surface area contributed by atoms with Crippen LogP contribution in [0.4, 0.5) is 5.69 Å². The quantitative estimate of drug-likeness (QED) is 0.828. The maximum Gasteiger partial charge on any atom is 0.0426 e. The Hall–Kier alpha value is -1.32. The zero-order chi connectivity index (χ0) is 15.2. The summed E-state index contributed by atoms with van der Waals surface area (Å²) in [6.07, 6.45) is 0. The second-order valence-electron chi connectivity index (χ2n) is 5.39. The van der Waals surface area contributed by atoms with Crippen molar-refractivity contribution in [3.05, 3.63) is 63.6 Å². The van der Waals surface area contributed by atoms with Crippen LogP contribution in [0.25, 0.3) is 0 Å². The Bertz CT molecular complexity index is 596. The molecule has 0 bridgehead atoms. The molecule has 2 nitrogen and oxygen atoms in total. The minimum atomic E-state index is 0.910. The Morgan fingerprint density at radius 1 is 1.10 bits per heavy atom. The van der Waals surface area contributed by atoms with Gasteiger partial charge in [-0.15, -0.1) is 0 Å². The van der Waals surface area contributed by atoms with Crippen LogP contribution in [-0.2, 0) is 13.1 Å². The van der Waals surface area contributed by atoms with E-state index in [4.69, 9.17) is 0 Å². The van der Waals surface area contributed by atoms with Gasteiger partial charge in [-0.2, -0.15) is 0 Å². The van der Waals surface area contributed by atoms with Crippen molar-refractivity contribution in [2.24, 2.45) is 0 Å². The number of hydrogen-bond acceptors (Lipinski definition) is 2. The minimum Gasteiger partial charge on any atom is -0.370 e. The van der Waals surface area contributed by atoms with Crippen LogP contribution in [0.1, 0.15) is 23.6 Å². The predicted octanol–water partition coefficient (Wildman–Crippen LogP) is 4.50. The van der Waals surface area contributed by atoms with Gasteiger partial charge >= 0.3 is 0 Å². The maximum absolute atomic E-state index is 3.53.